The average molecular weight is 279 g/mol. The van der Waals surface area contributed by atoms with Gasteiger partial charge < -0.3 is 15.0 Å². The molecule has 0 bridgehead atoms. The molecule has 1 saturated heterocycles. The van der Waals surface area contributed by atoms with Crippen molar-refractivity contribution in [2.75, 3.05) is 26.2 Å². The lowest BCUT2D eigenvalue weighted by molar-refractivity contribution is -0.143. The summed E-state index contributed by atoms with van der Waals surface area (Å²) in [6.45, 7) is 3.45. The van der Waals surface area contributed by atoms with Gasteiger partial charge in [0.05, 0.1) is 0 Å². The molecule has 7 nitrogen and oxygen atoms in total. The highest BCUT2D eigenvalue weighted by Crippen LogP contribution is 2.09. The van der Waals surface area contributed by atoms with Gasteiger partial charge >= 0.3 is 5.97 Å². The lowest BCUT2D eigenvalue weighted by atomic mass is 10.2. The first-order valence-corrected chi connectivity index (χ1v) is 6.44. The van der Waals surface area contributed by atoms with Crippen LogP contribution in [0.15, 0.2) is 23.1 Å². The summed E-state index contributed by atoms with van der Waals surface area (Å²) >= 11 is 0. The van der Waals surface area contributed by atoms with Gasteiger partial charge in [0.1, 0.15) is 11.6 Å². The second kappa shape index (κ2) is 5.87. The molecule has 0 saturated carbocycles. The number of carbonyl (C=O) groups excluding carboxylic acids is 1. The molecule has 1 amide bonds. The van der Waals surface area contributed by atoms with E-state index in [1.165, 1.54) is 12.3 Å². The summed E-state index contributed by atoms with van der Waals surface area (Å²) in [4.78, 5) is 40.5. The number of aromatic amines is 1. The molecule has 1 atom stereocenters. The smallest absolute Gasteiger partial charge is 0.320 e. The molecule has 0 aromatic carbocycles. The van der Waals surface area contributed by atoms with Crippen LogP contribution < -0.4 is 5.56 Å². The van der Waals surface area contributed by atoms with Gasteiger partial charge in [-0.1, -0.05) is 0 Å². The van der Waals surface area contributed by atoms with Crippen LogP contribution in [0.4, 0.5) is 0 Å². The molecule has 1 aromatic heterocycles. The number of H-pyrrole nitrogens is 1. The molecular weight excluding hydrogens is 262 g/mol. The second-order valence-electron chi connectivity index (χ2n) is 4.76. The monoisotopic (exact) mass is 279 g/mol. The first-order chi connectivity index (χ1) is 9.50. The third kappa shape index (κ3) is 2.88. The first-order valence-electron chi connectivity index (χ1n) is 6.44. The number of carboxylic acids is 1. The van der Waals surface area contributed by atoms with Crippen molar-refractivity contribution in [1.29, 1.82) is 0 Å². The number of aliphatic carboxylic acids is 1. The Balaban J connectivity index is 2.01. The van der Waals surface area contributed by atoms with Gasteiger partial charge in [0.2, 0.25) is 0 Å². The van der Waals surface area contributed by atoms with Crippen molar-refractivity contribution in [1.82, 2.24) is 14.8 Å². The van der Waals surface area contributed by atoms with E-state index in [0.29, 0.717) is 26.2 Å². The number of pyridine rings is 1. The van der Waals surface area contributed by atoms with E-state index < -0.39 is 17.6 Å². The fourth-order valence-corrected chi connectivity index (χ4v) is 2.23. The molecule has 2 N–H and O–H groups in total. The highest BCUT2D eigenvalue weighted by molar-refractivity contribution is 5.93. The zero-order valence-electron chi connectivity index (χ0n) is 11.2. The number of carboxylic acid groups (broad SMARTS) is 1. The van der Waals surface area contributed by atoms with Crippen molar-refractivity contribution in [3.8, 4) is 0 Å². The fourth-order valence-electron chi connectivity index (χ4n) is 2.23. The lowest BCUT2D eigenvalue weighted by Crippen LogP contribution is -2.53. The van der Waals surface area contributed by atoms with Crippen LogP contribution in [0, 0.1) is 0 Å². The van der Waals surface area contributed by atoms with Crippen LogP contribution in [0.5, 0.6) is 0 Å². The van der Waals surface area contributed by atoms with E-state index in [4.69, 9.17) is 5.11 Å². The lowest BCUT2D eigenvalue weighted by Gasteiger charge is -2.36. The normalized spacial score (nSPS) is 17.8. The van der Waals surface area contributed by atoms with E-state index in [2.05, 4.69) is 4.98 Å². The largest absolute Gasteiger partial charge is 0.480 e. The van der Waals surface area contributed by atoms with Crippen LogP contribution in [0.2, 0.25) is 0 Å². The van der Waals surface area contributed by atoms with Crippen molar-refractivity contribution in [2.24, 2.45) is 0 Å². The number of hydrogen-bond donors (Lipinski definition) is 2. The number of carbonyl (C=O) groups is 2. The van der Waals surface area contributed by atoms with Gasteiger partial charge in [-0.2, -0.15) is 0 Å². The molecule has 7 heteroatoms. The second-order valence-corrected chi connectivity index (χ2v) is 4.76. The molecule has 1 aromatic rings. The van der Waals surface area contributed by atoms with Gasteiger partial charge in [0, 0.05) is 32.4 Å². The number of piperazine rings is 1. The van der Waals surface area contributed by atoms with E-state index in [-0.39, 0.29) is 11.5 Å². The summed E-state index contributed by atoms with van der Waals surface area (Å²) in [7, 11) is 0. The van der Waals surface area contributed by atoms with Crippen molar-refractivity contribution in [3.63, 3.8) is 0 Å². The van der Waals surface area contributed by atoms with Crippen molar-refractivity contribution >= 4 is 11.9 Å². The predicted octanol–water partition coefficient (Wildman–Crippen LogP) is -0.394. The molecule has 1 aliphatic rings. The summed E-state index contributed by atoms with van der Waals surface area (Å²) in [5.41, 5.74) is -0.286. The molecule has 108 valence electrons. The number of amides is 1. The van der Waals surface area contributed by atoms with E-state index in [0.717, 1.165) is 0 Å². The molecule has 2 rings (SSSR count). The van der Waals surface area contributed by atoms with Crippen molar-refractivity contribution in [3.05, 3.63) is 34.2 Å². The van der Waals surface area contributed by atoms with Gasteiger partial charge in [0.25, 0.3) is 11.5 Å². The number of rotatable bonds is 3. The molecule has 2 heterocycles. The van der Waals surface area contributed by atoms with E-state index in [9.17, 15) is 14.4 Å². The van der Waals surface area contributed by atoms with Gasteiger partial charge in [-0.3, -0.25) is 19.3 Å². The molecule has 0 aliphatic carbocycles. The Kier molecular flexibility index (Phi) is 4.19. The number of hydrogen-bond acceptors (Lipinski definition) is 4. The summed E-state index contributed by atoms with van der Waals surface area (Å²) in [5.74, 6) is -1.18. The summed E-state index contributed by atoms with van der Waals surface area (Å²) < 4.78 is 0. The Morgan fingerprint density at radius 3 is 2.50 bits per heavy atom. The Morgan fingerprint density at radius 2 is 1.95 bits per heavy atom. The Bertz CT molecular complexity index is 561. The Labute approximate surface area is 115 Å². The van der Waals surface area contributed by atoms with Gasteiger partial charge in [-0.25, -0.2) is 0 Å². The minimum atomic E-state index is -0.871. The third-order valence-corrected chi connectivity index (χ3v) is 3.56. The van der Waals surface area contributed by atoms with E-state index in [1.54, 1.807) is 22.8 Å². The van der Waals surface area contributed by atoms with Crippen LogP contribution in [-0.2, 0) is 4.79 Å². The van der Waals surface area contributed by atoms with Crippen LogP contribution in [0.25, 0.3) is 0 Å². The van der Waals surface area contributed by atoms with E-state index >= 15 is 0 Å². The van der Waals surface area contributed by atoms with Crippen LogP contribution in [-0.4, -0.2) is 64.0 Å². The molecule has 1 unspecified atom stereocenters. The van der Waals surface area contributed by atoms with Gasteiger partial charge in [-0.15, -0.1) is 0 Å². The highest BCUT2D eigenvalue weighted by atomic mass is 16.4. The SMILES string of the molecule is CC(C(=O)O)N1CCN(C(=O)c2ccc[nH]c2=O)CC1. The fraction of sp³-hybridized carbons (Fsp3) is 0.462. The van der Waals surface area contributed by atoms with Gasteiger partial charge in [-0.05, 0) is 19.1 Å². The van der Waals surface area contributed by atoms with Crippen LogP contribution >= 0.6 is 0 Å². The first kappa shape index (κ1) is 14.3. The summed E-state index contributed by atoms with van der Waals surface area (Å²) in [5, 5.41) is 8.96. The minimum absolute atomic E-state index is 0.118. The maximum atomic E-state index is 12.2. The molecule has 1 aliphatic heterocycles. The number of aromatic nitrogens is 1. The quantitative estimate of drug-likeness (QED) is 0.785. The predicted molar refractivity (Wildman–Crippen MR) is 71.6 cm³/mol. The number of nitrogens with one attached hydrogen (secondary N) is 1. The molecule has 0 spiro atoms. The summed E-state index contributed by atoms with van der Waals surface area (Å²) in [6, 6.07) is 2.54. The zero-order chi connectivity index (χ0) is 14.7. The molecule has 0 radical (unpaired) electrons. The van der Waals surface area contributed by atoms with Gasteiger partial charge in [0.15, 0.2) is 0 Å². The Morgan fingerprint density at radius 1 is 1.30 bits per heavy atom. The minimum Gasteiger partial charge on any atom is -0.480 e. The molecular formula is C13H17N3O4. The summed E-state index contributed by atoms with van der Waals surface area (Å²) in [6.07, 6.45) is 1.48. The van der Waals surface area contributed by atoms with Crippen LogP contribution in [0.3, 0.4) is 0 Å². The standard InChI is InChI=1S/C13H17N3O4/c1-9(13(19)20)15-5-7-16(8-6-15)12(18)10-3-2-4-14-11(10)17/h2-4,9H,5-8H2,1H3,(H,14,17)(H,19,20). The molecule has 1 fully saturated rings. The maximum absolute atomic E-state index is 12.2. The zero-order valence-corrected chi connectivity index (χ0v) is 11.2. The Hall–Kier alpha value is -2.15. The topological polar surface area (TPSA) is 93.7 Å². The average Bonchev–Trinajstić information content (AvgIpc) is 2.46. The highest BCUT2D eigenvalue weighted by Gasteiger charge is 2.28. The third-order valence-electron chi connectivity index (χ3n) is 3.56. The van der Waals surface area contributed by atoms with Crippen LogP contribution in [0.1, 0.15) is 17.3 Å². The maximum Gasteiger partial charge on any atom is 0.320 e. The van der Waals surface area contributed by atoms with E-state index in [1.807, 2.05) is 0 Å². The number of nitrogens with zero attached hydrogens (tertiary/aromatic N) is 2. The van der Waals surface area contributed by atoms with Crippen molar-refractivity contribution < 1.29 is 14.7 Å². The van der Waals surface area contributed by atoms with Crippen molar-refractivity contribution in [2.45, 2.75) is 13.0 Å². The molecule has 20 heavy (non-hydrogen) atoms.